The summed E-state index contributed by atoms with van der Waals surface area (Å²) >= 11 is 11.7. The van der Waals surface area contributed by atoms with E-state index in [-0.39, 0.29) is 21.2 Å². The van der Waals surface area contributed by atoms with Gasteiger partial charge >= 0.3 is 0 Å². The standard InChI is InChI=1S/C12H8Cl2N4O2S/c13-8-4-3-5-9(15-8)17-21(19,20)12-11(14)16-10-6-1-2-7-18(10)12/h1-7H,(H,15,17). The van der Waals surface area contributed by atoms with E-state index in [1.807, 2.05) is 0 Å². The number of imidazole rings is 1. The molecular weight excluding hydrogens is 335 g/mol. The van der Waals surface area contributed by atoms with Crippen LogP contribution in [-0.2, 0) is 10.0 Å². The van der Waals surface area contributed by atoms with E-state index < -0.39 is 10.0 Å². The summed E-state index contributed by atoms with van der Waals surface area (Å²) in [5, 5.41) is -0.0864. The maximum Gasteiger partial charge on any atom is 0.282 e. The molecule has 3 rings (SSSR count). The highest BCUT2D eigenvalue weighted by Crippen LogP contribution is 2.24. The first-order chi connectivity index (χ1) is 9.97. The molecule has 1 N–H and O–H groups in total. The van der Waals surface area contributed by atoms with Crippen LogP contribution in [0.3, 0.4) is 0 Å². The zero-order valence-corrected chi connectivity index (χ0v) is 12.7. The molecular formula is C12H8Cl2N4O2S. The van der Waals surface area contributed by atoms with Gasteiger partial charge in [-0.15, -0.1) is 0 Å². The molecule has 0 amide bonds. The molecule has 0 atom stereocenters. The van der Waals surface area contributed by atoms with E-state index in [0.717, 1.165) is 0 Å². The average Bonchev–Trinajstić information content (AvgIpc) is 2.74. The zero-order valence-electron chi connectivity index (χ0n) is 10.4. The Hall–Kier alpha value is -1.83. The molecule has 0 aliphatic heterocycles. The molecule has 0 saturated carbocycles. The maximum absolute atomic E-state index is 12.5. The molecule has 0 radical (unpaired) electrons. The normalized spacial score (nSPS) is 11.7. The number of pyridine rings is 2. The van der Waals surface area contributed by atoms with Gasteiger partial charge in [-0.25, -0.2) is 9.97 Å². The van der Waals surface area contributed by atoms with Crippen LogP contribution in [0, 0.1) is 0 Å². The minimum atomic E-state index is -3.95. The number of nitrogens with one attached hydrogen (secondary N) is 1. The molecule has 6 nitrogen and oxygen atoms in total. The van der Waals surface area contributed by atoms with Crippen LogP contribution in [0.1, 0.15) is 0 Å². The van der Waals surface area contributed by atoms with Crippen LogP contribution in [0.15, 0.2) is 47.6 Å². The lowest BCUT2D eigenvalue weighted by Crippen LogP contribution is -2.16. The summed E-state index contributed by atoms with van der Waals surface area (Å²) in [4.78, 5) is 7.88. The lowest BCUT2D eigenvalue weighted by molar-refractivity contribution is 0.596. The highest BCUT2D eigenvalue weighted by Gasteiger charge is 2.24. The van der Waals surface area contributed by atoms with Crippen LogP contribution in [-0.4, -0.2) is 22.8 Å². The SMILES string of the molecule is O=S(=O)(Nc1cccc(Cl)n1)c1c(Cl)nc2ccccn12. The first kappa shape index (κ1) is 14.1. The fraction of sp³-hybridized carbons (Fsp3) is 0. The molecule has 0 aliphatic carbocycles. The summed E-state index contributed by atoms with van der Waals surface area (Å²) in [5.74, 6) is 0.101. The first-order valence-corrected chi connectivity index (χ1v) is 7.99. The average molecular weight is 343 g/mol. The van der Waals surface area contributed by atoms with E-state index in [2.05, 4.69) is 14.7 Å². The molecule has 0 spiro atoms. The van der Waals surface area contributed by atoms with Gasteiger partial charge in [-0.1, -0.05) is 35.3 Å². The van der Waals surface area contributed by atoms with Gasteiger partial charge in [0.25, 0.3) is 10.0 Å². The molecule has 0 fully saturated rings. The molecule has 0 bridgehead atoms. The predicted octanol–water partition coefficient (Wildman–Crippen LogP) is 2.84. The molecule has 108 valence electrons. The van der Waals surface area contributed by atoms with Gasteiger partial charge in [0.05, 0.1) is 0 Å². The number of hydrogen-bond donors (Lipinski definition) is 1. The number of fused-ring (bicyclic) bond motifs is 1. The third-order valence-corrected chi connectivity index (χ3v) is 4.62. The number of halogens is 2. The fourth-order valence-corrected chi connectivity index (χ4v) is 3.65. The second kappa shape index (κ2) is 5.18. The van der Waals surface area contributed by atoms with Crippen molar-refractivity contribution in [2.24, 2.45) is 0 Å². The molecule has 0 aliphatic rings. The van der Waals surface area contributed by atoms with E-state index in [0.29, 0.717) is 5.65 Å². The summed E-state index contributed by atoms with van der Waals surface area (Å²) in [6, 6.07) is 9.69. The number of rotatable bonds is 3. The minimum Gasteiger partial charge on any atom is -0.288 e. The van der Waals surface area contributed by atoms with E-state index >= 15 is 0 Å². The van der Waals surface area contributed by atoms with Crippen molar-refractivity contribution in [2.45, 2.75) is 5.03 Å². The monoisotopic (exact) mass is 342 g/mol. The second-order valence-electron chi connectivity index (χ2n) is 4.09. The zero-order chi connectivity index (χ0) is 15.0. The number of aromatic nitrogens is 3. The molecule has 3 aromatic rings. The summed E-state index contributed by atoms with van der Waals surface area (Å²) in [5.41, 5.74) is 0.432. The Balaban J connectivity index is 2.10. The Morgan fingerprint density at radius 1 is 1.05 bits per heavy atom. The van der Waals surface area contributed by atoms with Crippen molar-refractivity contribution in [2.75, 3.05) is 4.72 Å². The molecule has 0 saturated heterocycles. The molecule has 9 heteroatoms. The quantitative estimate of drug-likeness (QED) is 0.742. The second-order valence-corrected chi connectivity index (χ2v) is 6.43. The Kier molecular flexibility index (Phi) is 3.48. The van der Waals surface area contributed by atoms with Gasteiger partial charge < -0.3 is 0 Å². The van der Waals surface area contributed by atoms with E-state index in [1.165, 1.54) is 10.5 Å². The predicted molar refractivity (Wildman–Crippen MR) is 80.3 cm³/mol. The lowest BCUT2D eigenvalue weighted by Gasteiger charge is -2.07. The topological polar surface area (TPSA) is 76.4 Å². The molecule has 3 aromatic heterocycles. The van der Waals surface area contributed by atoms with Gasteiger partial charge in [-0.05, 0) is 24.3 Å². The van der Waals surface area contributed by atoms with Crippen molar-refractivity contribution in [3.8, 4) is 0 Å². The Labute approximate surface area is 130 Å². The largest absolute Gasteiger partial charge is 0.288 e. The van der Waals surface area contributed by atoms with Crippen LogP contribution < -0.4 is 4.72 Å². The number of sulfonamides is 1. The highest BCUT2D eigenvalue weighted by atomic mass is 35.5. The van der Waals surface area contributed by atoms with Gasteiger partial charge in [-0.3, -0.25) is 9.12 Å². The summed E-state index contributed by atoms with van der Waals surface area (Å²) in [6.45, 7) is 0. The Morgan fingerprint density at radius 3 is 2.62 bits per heavy atom. The van der Waals surface area contributed by atoms with E-state index in [9.17, 15) is 8.42 Å². The van der Waals surface area contributed by atoms with Gasteiger partial charge in [0.15, 0.2) is 10.2 Å². The summed E-state index contributed by atoms with van der Waals surface area (Å²) < 4.78 is 28.6. The van der Waals surface area contributed by atoms with Crippen LogP contribution in [0.25, 0.3) is 5.65 Å². The van der Waals surface area contributed by atoms with Gasteiger partial charge in [0, 0.05) is 6.20 Å². The van der Waals surface area contributed by atoms with Crippen molar-refractivity contribution in [3.05, 3.63) is 52.9 Å². The van der Waals surface area contributed by atoms with Gasteiger partial charge in [0.1, 0.15) is 16.6 Å². The van der Waals surface area contributed by atoms with Crippen molar-refractivity contribution in [1.29, 1.82) is 0 Å². The third-order valence-electron chi connectivity index (χ3n) is 2.65. The molecule has 3 heterocycles. The third kappa shape index (κ3) is 2.67. The van der Waals surface area contributed by atoms with Crippen LogP contribution >= 0.6 is 23.2 Å². The van der Waals surface area contributed by atoms with Crippen molar-refractivity contribution in [3.63, 3.8) is 0 Å². The van der Waals surface area contributed by atoms with E-state index in [4.69, 9.17) is 23.2 Å². The molecule has 0 unspecified atom stereocenters. The summed E-state index contributed by atoms with van der Waals surface area (Å²) in [6.07, 6.45) is 1.56. The first-order valence-electron chi connectivity index (χ1n) is 5.75. The Morgan fingerprint density at radius 2 is 1.86 bits per heavy atom. The smallest absolute Gasteiger partial charge is 0.282 e. The van der Waals surface area contributed by atoms with Crippen LogP contribution in [0.4, 0.5) is 5.82 Å². The van der Waals surface area contributed by atoms with E-state index in [1.54, 1.807) is 36.5 Å². The Bertz CT molecular complexity index is 924. The van der Waals surface area contributed by atoms with Crippen LogP contribution in [0.2, 0.25) is 10.3 Å². The number of hydrogen-bond acceptors (Lipinski definition) is 4. The maximum atomic E-state index is 12.5. The fourth-order valence-electron chi connectivity index (χ4n) is 1.84. The highest BCUT2D eigenvalue weighted by molar-refractivity contribution is 7.92. The summed E-state index contributed by atoms with van der Waals surface area (Å²) in [7, 11) is -3.95. The molecule has 21 heavy (non-hydrogen) atoms. The van der Waals surface area contributed by atoms with Gasteiger partial charge in [-0.2, -0.15) is 8.42 Å². The van der Waals surface area contributed by atoms with Gasteiger partial charge in [0.2, 0.25) is 0 Å². The minimum absolute atomic E-state index is 0.101. The van der Waals surface area contributed by atoms with Crippen LogP contribution in [0.5, 0.6) is 0 Å². The number of anilines is 1. The molecule has 0 aromatic carbocycles. The van der Waals surface area contributed by atoms with Crippen molar-refractivity contribution < 1.29 is 8.42 Å². The lowest BCUT2D eigenvalue weighted by atomic mass is 10.5. The number of nitrogens with zero attached hydrogens (tertiary/aromatic N) is 3. The van der Waals surface area contributed by atoms with Crippen molar-refractivity contribution >= 4 is 44.7 Å². The van der Waals surface area contributed by atoms with Crippen molar-refractivity contribution in [1.82, 2.24) is 14.4 Å².